The molecule has 0 unspecified atom stereocenters. The minimum absolute atomic E-state index is 0.106. The van der Waals surface area contributed by atoms with Gasteiger partial charge in [-0.15, -0.1) is 11.3 Å². The fourth-order valence-electron chi connectivity index (χ4n) is 3.97. The van der Waals surface area contributed by atoms with Gasteiger partial charge in [0.15, 0.2) is 5.16 Å². The third-order valence-electron chi connectivity index (χ3n) is 5.52. The second kappa shape index (κ2) is 9.34. The highest BCUT2D eigenvalue weighted by Gasteiger charge is 2.22. The van der Waals surface area contributed by atoms with Crippen LogP contribution in [0.1, 0.15) is 40.8 Å². The average molecular weight is 439 g/mol. The van der Waals surface area contributed by atoms with Crippen LogP contribution in [-0.2, 0) is 25.1 Å². The Labute approximate surface area is 185 Å². The summed E-state index contributed by atoms with van der Waals surface area (Å²) in [5.74, 6) is 0.625. The maximum absolute atomic E-state index is 13.5. The van der Waals surface area contributed by atoms with Crippen molar-refractivity contribution >= 4 is 33.3 Å². The molecule has 0 amide bonds. The van der Waals surface area contributed by atoms with Crippen LogP contribution in [0.25, 0.3) is 10.2 Å². The van der Waals surface area contributed by atoms with Crippen LogP contribution in [0.3, 0.4) is 0 Å². The zero-order chi connectivity index (χ0) is 21.1. The lowest BCUT2D eigenvalue weighted by Gasteiger charge is -2.15. The van der Waals surface area contributed by atoms with Gasteiger partial charge in [-0.3, -0.25) is 9.36 Å². The molecule has 2 aromatic heterocycles. The quantitative estimate of drug-likeness (QED) is 0.403. The molecule has 0 N–H and O–H groups in total. The second-order valence-corrected chi connectivity index (χ2v) is 9.98. The van der Waals surface area contributed by atoms with E-state index in [1.165, 1.54) is 16.9 Å². The van der Waals surface area contributed by atoms with E-state index in [-0.39, 0.29) is 5.56 Å². The van der Waals surface area contributed by atoms with Gasteiger partial charge in [0.2, 0.25) is 0 Å². The molecule has 0 bridgehead atoms. The third kappa shape index (κ3) is 4.31. The van der Waals surface area contributed by atoms with Crippen molar-refractivity contribution in [2.75, 3.05) is 20.6 Å². The first-order valence-electron chi connectivity index (χ1n) is 10.4. The molecule has 1 aliphatic carbocycles. The summed E-state index contributed by atoms with van der Waals surface area (Å²) in [6, 6.07) is 9.90. The number of aryl methyl sites for hydroxylation is 2. The van der Waals surface area contributed by atoms with Gasteiger partial charge in [-0.05, 0) is 69.9 Å². The molecule has 0 atom stereocenters. The highest BCUT2D eigenvalue weighted by Crippen LogP contribution is 2.35. The third-order valence-corrected chi connectivity index (χ3v) is 7.73. The first-order valence-corrected chi connectivity index (χ1v) is 12.2. The fraction of sp³-hybridized carbons (Fsp3) is 0.435. The number of nitrogens with zero attached hydrogens (tertiary/aromatic N) is 4. The monoisotopic (exact) mass is 438 g/mol. The summed E-state index contributed by atoms with van der Waals surface area (Å²) < 4.78 is 1.87. The van der Waals surface area contributed by atoms with Crippen LogP contribution in [0.15, 0.2) is 34.2 Å². The summed E-state index contributed by atoms with van der Waals surface area (Å²) in [5, 5.41) is 11.0. The number of thioether (sulfide) groups is 1. The minimum atomic E-state index is 0.106. The first-order chi connectivity index (χ1) is 14.6. The van der Waals surface area contributed by atoms with Crippen molar-refractivity contribution in [2.24, 2.45) is 0 Å². The summed E-state index contributed by atoms with van der Waals surface area (Å²) >= 11 is 3.25. The van der Waals surface area contributed by atoms with Crippen molar-refractivity contribution in [3.63, 3.8) is 0 Å². The fourth-order valence-corrected chi connectivity index (χ4v) is 6.30. The molecule has 0 spiro atoms. The Morgan fingerprint density at radius 2 is 2.07 bits per heavy atom. The minimum Gasteiger partial charge on any atom is -0.309 e. The SMILES string of the molecule is CN(C)CCCn1c(SCc2ccccc2C#N)nc2sc3c(c2c1=O)CCCC3. The Hall–Kier alpha value is -2.14. The number of hydrogen-bond acceptors (Lipinski definition) is 6. The number of hydrogen-bond donors (Lipinski definition) is 0. The van der Waals surface area contributed by atoms with Gasteiger partial charge in [0.1, 0.15) is 4.83 Å². The van der Waals surface area contributed by atoms with Gasteiger partial charge in [0.05, 0.1) is 17.0 Å². The van der Waals surface area contributed by atoms with Gasteiger partial charge in [0, 0.05) is 17.2 Å². The maximum atomic E-state index is 13.5. The molecule has 1 aliphatic rings. The molecule has 0 saturated carbocycles. The molecule has 0 aliphatic heterocycles. The molecule has 3 aromatic rings. The van der Waals surface area contributed by atoms with Gasteiger partial charge in [-0.2, -0.15) is 5.26 Å². The maximum Gasteiger partial charge on any atom is 0.263 e. The lowest BCUT2D eigenvalue weighted by Crippen LogP contribution is -2.25. The highest BCUT2D eigenvalue weighted by molar-refractivity contribution is 7.98. The predicted molar refractivity (Wildman–Crippen MR) is 124 cm³/mol. The molecule has 30 heavy (non-hydrogen) atoms. The van der Waals surface area contributed by atoms with E-state index < -0.39 is 0 Å². The number of thiophene rings is 1. The number of aromatic nitrogens is 2. The predicted octanol–water partition coefficient (Wildman–Crippen LogP) is 4.45. The van der Waals surface area contributed by atoms with Gasteiger partial charge in [-0.1, -0.05) is 30.0 Å². The summed E-state index contributed by atoms with van der Waals surface area (Å²) in [5.41, 5.74) is 3.00. The zero-order valence-electron chi connectivity index (χ0n) is 17.5. The van der Waals surface area contributed by atoms with E-state index in [1.54, 1.807) is 23.1 Å². The van der Waals surface area contributed by atoms with Gasteiger partial charge < -0.3 is 4.90 Å². The van der Waals surface area contributed by atoms with E-state index in [9.17, 15) is 10.1 Å². The Bertz CT molecular complexity index is 1160. The lowest BCUT2D eigenvalue weighted by molar-refractivity contribution is 0.379. The van der Waals surface area contributed by atoms with Crippen molar-refractivity contribution in [3.05, 3.63) is 56.2 Å². The number of rotatable bonds is 7. The molecular weight excluding hydrogens is 412 g/mol. The van der Waals surface area contributed by atoms with Crippen LogP contribution in [-0.4, -0.2) is 35.1 Å². The van der Waals surface area contributed by atoms with Gasteiger partial charge in [0.25, 0.3) is 5.56 Å². The Morgan fingerprint density at radius 3 is 2.87 bits per heavy atom. The van der Waals surface area contributed by atoms with Gasteiger partial charge >= 0.3 is 0 Å². The van der Waals surface area contributed by atoms with Crippen molar-refractivity contribution < 1.29 is 0 Å². The van der Waals surface area contributed by atoms with E-state index in [2.05, 4.69) is 11.0 Å². The lowest BCUT2D eigenvalue weighted by atomic mass is 9.97. The van der Waals surface area contributed by atoms with E-state index in [0.29, 0.717) is 17.9 Å². The van der Waals surface area contributed by atoms with Crippen LogP contribution in [0.5, 0.6) is 0 Å². The number of fused-ring (bicyclic) bond motifs is 3. The first kappa shape index (κ1) is 21.1. The van der Waals surface area contributed by atoms with E-state index >= 15 is 0 Å². The Morgan fingerprint density at radius 1 is 1.27 bits per heavy atom. The van der Waals surface area contributed by atoms with Crippen LogP contribution >= 0.6 is 23.1 Å². The van der Waals surface area contributed by atoms with E-state index in [0.717, 1.165) is 53.2 Å². The summed E-state index contributed by atoms with van der Waals surface area (Å²) in [7, 11) is 4.10. The molecule has 5 nitrogen and oxygen atoms in total. The van der Waals surface area contributed by atoms with E-state index in [4.69, 9.17) is 4.98 Å². The average Bonchev–Trinajstić information content (AvgIpc) is 3.12. The van der Waals surface area contributed by atoms with Crippen molar-refractivity contribution in [2.45, 2.75) is 49.6 Å². The van der Waals surface area contributed by atoms with Crippen molar-refractivity contribution in [3.8, 4) is 6.07 Å². The molecular formula is C23H26N4OS2. The van der Waals surface area contributed by atoms with Crippen LogP contribution < -0.4 is 5.56 Å². The van der Waals surface area contributed by atoms with Crippen LogP contribution in [0.2, 0.25) is 0 Å². The summed E-state index contributed by atoms with van der Waals surface area (Å²) in [6.45, 7) is 1.58. The van der Waals surface area contributed by atoms with E-state index in [1.807, 2.05) is 42.9 Å². The molecule has 0 fully saturated rings. The Kier molecular flexibility index (Phi) is 6.57. The van der Waals surface area contributed by atoms with Crippen molar-refractivity contribution in [1.29, 1.82) is 5.26 Å². The topological polar surface area (TPSA) is 61.9 Å². The molecule has 4 rings (SSSR count). The molecule has 2 heterocycles. The molecule has 0 radical (unpaired) electrons. The summed E-state index contributed by atoms with van der Waals surface area (Å²) in [6.07, 6.45) is 5.30. The number of nitriles is 1. The smallest absolute Gasteiger partial charge is 0.263 e. The molecule has 1 aromatic carbocycles. The molecule has 156 valence electrons. The normalized spacial score (nSPS) is 13.5. The van der Waals surface area contributed by atoms with Crippen LogP contribution in [0.4, 0.5) is 0 Å². The van der Waals surface area contributed by atoms with Crippen LogP contribution in [0, 0.1) is 11.3 Å². The number of benzene rings is 1. The summed E-state index contributed by atoms with van der Waals surface area (Å²) in [4.78, 5) is 22.9. The highest BCUT2D eigenvalue weighted by atomic mass is 32.2. The molecule has 7 heteroatoms. The Balaban J connectivity index is 1.72. The molecule has 0 saturated heterocycles. The van der Waals surface area contributed by atoms with Crippen molar-refractivity contribution in [1.82, 2.24) is 14.5 Å². The standard InChI is InChI=1S/C23H26N4OS2/c1-26(2)12-7-13-27-22(28)20-18-10-5-6-11-19(18)30-21(20)25-23(27)29-15-17-9-4-3-8-16(17)14-24/h3-4,8-9H,5-7,10-13,15H2,1-2H3. The van der Waals surface area contributed by atoms with Gasteiger partial charge in [-0.25, -0.2) is 4.98 Å². The largest absolute Gasteiger partial charge is 0.309 e. The zero-order valence-corrected chi connectivity index (χ0v) is 19.1. The second-order valence-electron chi connectivity index (χ2n) is 7.96.